The summed E-state index contributed by atoms with van der Waals surface area (Å²) in [6.45, 7) is 2.28. The van der Waals surface area contributed by atoms with Gasteiger partial charge < -0.3 is 29.0 Å². The minimum atomic E-state index is -0.0483. The van der Waals surface area contributed by atoms with Crippen LogP contribution < -0.4 is 23.8 Å². The van der Waals surface area contributed by atoms with Crippen LogP contribution >= 0.6 is 0 Å². The van der Waals surface area contributed by atoms with E-state index >= 15 is 0 Å². The Balaban J connectivity index is 1.84. The first-order valence-electron chi connectivity index (χ1n) is 8.90. The van der Waals surface area contributed by atoms with Crippen LogP contribution in [0.25, 0.3) is 0 Å². The highest BCUT2D eigenvalue weighted by Crippen LogP contribution is 2.42. The van der Waals surface area contributed by atoms with E-state index in [0.717, 1.165) is 35.7 Å². The number of hydrogen-bond acceptors (Lipinski definition) is 5. The number of quaternary nitrogens is 1. The summed E-state index contributed by atoms with van der Waals surface area (Å²) in [7, 11) is 3.30. The third kappa shape index (κ3) is 2.90. The van der Waals surface area contributed by atoms with Gasteiger partial charge >= 0.3 is 0 Å². The molecule has 0 bridgehead atoms. The van der Waals surface area contributed by atoms with Gasteiger partial charge in [0.05, 0.1) is 38.4 Å². The predicted octanol–water partition coefficient (Wildman–Crippen LogP) is 1.91. The molecule has 2 aliphatic rings. The van der Waals surface area contributed by atoms with Crippen molar-refractivity contribution in [2.24, 2.45) is 0 Å². The van der Waals surface area contributed by atoms with E-state index in [1.807, 2.05) is 24.3 Å². The molecule has 0 aliphatic carbocycles. The van der Waals surface area contributed by atoms with Gasteiger partial charge in [0.1, 0.15) is 23.3 Å². The Morgan fingerprint density at radius 2 is 1.69 bits per heavy atom. The molecule has 6 nitrogen and oxygen atoms in total. The Labute approximate surface area is 152 Å². The number of likely N-dealkylation sites (tertiary alicyclic amines) is 1. The second-order valence-electron chi connectivity index (χ2n) is 6.67. The molecular formula is C20H24NO5+. The third-order valence-corrected chi connectivity index (χ3v) is 5.24. The van der Waals surface area contributed by atoms with Gasteiger partial charge in [0.2, 0.25) is 6.79 Å². The molecule has 0 unspecified atom stereocenters. The van der Waals surface area contributed by atoms with E-state index in [-0.39, 0.29) is 18.6 Å². The van der Waals surface area contributed by atoms with Gasteiger partial charge in [-0.3, -0.25) is 0 Å². The molecule has 0 aromatic heterocycles. The number of nitrogens with one attached hydrogen (secondary N) is 1. The van der Waals surface area contributed by atoms with Gasteiger partial charge in [-0.2, -0.15) is 0 Å². The van der Waals surface area contributed by atoms with E-state index in [9.17, 15) is 5.11 Å². The van der Waals surface area contributed by atoms with Crippen LogP contribution in [-0.2, 0) is 0 Å². The summed E-state index contributed by atoms with van der Waals surface area (Å²) in [4.78, 5) is 1.41. The number of benzene rings is 2. The zero-order chi connectivity index (χ0) is 18.1. The number of aromatic hydroxyl groups is 1. The summed E-state index contributed by atoms with van der Waals surface area (Å²) >= 11 is 0. The SMILES string of the molecule is COc1ccc([C@H](c2cc3c(cc2O)OCO3)[NH+]2CCCC2)c(OC)c1. The maximum atomic E-state index is 10.7. The summed E-state index contributed by atoms with van der Waals surface area (Å²) in [5.41, 5.74) is 1.86. The highest BCUT2D eigenvalue weighted by Gasteiger charge is 2.35. The van der Waals surface area contributed by atoms with Crippen LogP contribution in [0.2, 0.25) is 0 Å². The maximum absolute atomic E-state index is 10.7. The topological polar surface area (TPSA) is 61.6 Å². The molecule has 1 atom stereocenters. The lowest BCUT2D eigenvalue weighted by Gasteiger charge is -2.27. The zero-order valence-corrected chi connectivity index (χ0v) is 15.1. The normalized spacial score (nSPS) is 17.3. The minimum Gasteiger partial charge on any atom is -0.507 e. The average Bonchev–Trinajstić information content (AvgIpc) is 3.34. The fourth-order valence-corrected chi connectivity index (χ4v) is 3.96. The van der Waals surface area contributed by atoms with Gasteiger partial charge in [-0.25, -0.2) is 0 Å². The largest absolute Gasteiger partial charge is 0.507 e. The lowest BCUT2D eigenvalue weighted by atomic mass is 9.95. The number of phenolic OH excluding ortho intramolecular Hbond substituents is 1. The summed E-state index contributed by atoms with van der Waals surface area (Å²) in [5.74, 6) is 2.98. The quantitative estimate of drug-likeness (QED) is 0.855. The van der Waals surface area contributed by atoms with Crippen LogP contribution in [0.5, 0.6) is 28.7 Å². The number of fused-ring (bicyclic) bond motifs is 1. The van der Waals surface area contributed by atoms with E-state index in [1.54, 1.807) is 20.3 Å². The van der Waals surface area contributed by atoms with Crippen LogP contribution in [0.3, 0.4) is 0 Å². The van der Waals surface area contributed by atoms with Gasteiger partial charge in [0, 0.05) is 25.0 Å². The summed E-state index contributed by atoms with van der Waals surface area (Å²) in [6, 6.07) is 9.35. The average molecular weight is 358 g/mol. The van der Waals surface area contributed by atoms with Gasteiger partial charge in [-0.05, 0) is 18.2 Å². The second kappa shape index (κ2) is 6.96. The van der Waals surface area contributed by atoms with E-state index in [4.69, 9.17) is 18.9 Å². The summed E-state index contributed by atoms with van der Waals surface area (Å²) < 4.78 is 21.9. The lowest BCUT2D eigenvalue weighted by Crippen LogP contribution is -3.10. The Kier molecular flexibility index (Phi) is 4.51. The summed E-state index contributed by atoms with van der Waals surface area (Å²) in [6.07, 6.45) is 2.35. The highest BCUT2D eigenvalue weighted by atomic mass is 16.7. The van der Waals surface area contributed by atoms with E-state index in [0.29, 0.717) is 11.5 Å². The predicted molar refractivity (Wildman–Crippen MR) is 95.5 cm³/mol. The van der Waals surface area contributed by atoms with Crippen molar-refractivity contribution in [3.8, 4) is 28.7 Å². The van der Waals surface area contributed by atoms with E-state index in [1.165, 1.54) is 17.7 Å². The van der Waals surface area contributed by atoms with Crippen molar-refractivity contribution in [2.45, 2.75) is 18.9 Å². The number of methoxy groups -OCH3 is 2. The molecule has 4 rings (SSSR count). The molecule has 0 saturated carbocycles. The Hall–Kier alpha value is -2.60. The fourth-order valence-electron chi connectivity index (χ4n) is 3.96. The molecular weight excluding hydrogens is 334 g/mol. The fraction of sp³-hybridized carbons (Fsp3) is 0.400. The number of ether oxygens (including phenoxy) is 4. The van der Waals surface area contributed by atoms with Crippen LogP contribution in [-0.4, -0.2) is 39.2 Å². The van der Waals surface area contributed by atoms with Crippen molar-refractivity contribution in [1.82, 2.24) is 0 Å². The molecule has 26 heavy (non-hydrogen) atoms. The molecule has 1 saturated heterocycles. The molecule has 2 aromatic rings. The standard InChI is InChI=1S/C20H23NO5/c1-23-13-5-6-14(17(9-13)24-2)20(21-7-3-4-8-21)15-10-18-19(11-16(15)22)26-12-25-18/h5-6,9-11,20,22H,3-4,7-8,12H2,1-2H3/p+1/t20-/m1/s1. The number of hydrogen-bond donors (Lipinski definition) is 2. The molecule has 1 fully saturated rings. The van der Waals surface area contributed by atoms with Crippen molar-refractivity contribution < 1.29 is 29.0 Å². The zero-order valence-electron chi connectivity index (χ0n) is 15.1. The van der Waals surface area contributed by atoms with Crippen molar-refractivity contribution >= 4 is 0 Å². The highest BCUT2D eigenvalue weighted by molar-refractivity contribution is 5.55. The first-order valence-corrected chi connectivity index (χ1v) is 8.90. The van der Waals surface area contributed by atoms with Crippen LogP contribution in [0, 0.1) is 0 Å². The molecule has 0 spiro atoms. The van der Waals surface area contributed by atoms with Gasteiger partial charge in [-0.15, -0.1) is 0 Å². The van der Waals surface area contributed by atoms with Crippen molar-refractivity contribution in [1.29, 1.82) is 0 Å². The molecule has 2 aromatic carbocycles. The Morgan fingerprint density at radius 1 is 0.962 bits per heavy atom. The van der Waals surface area contributed by atoms with Crippen LogP contribution in [0.15, 0.2) is 30.3 Å². The smallest absolute Gasteiger partial charge is 0.231 e. The Morgan fingerprint density at radius 3 is 2.38 bits per heavy atom. The lowest BCUT2D eigenvalue weighted by molar-refractivity contribution is -0.913. The van der Waals surface area contributed by atoms with E-state index in [2.05, 4.69) is 0 Å². The molecule has 0 amide bonds. The van der Waals surface area contributed by atoms with Gasteiger partial charge in [-0.1, -0.05) is 0 Å². The summed E-state index contributed by atoms with van der Waals surface area (Å²) in [5, 5.41) is 10.7. The van der Waals surface area contributed by atoms with Crippen molar-refractivity contribution in [3.05, 3.63) is 41.5 Å². The Bertz CT molecular complexity index is 801. The first kappa shape index (κ1) is 16.8. The van der Waals surface area contributed by atoms with Crippen LogP contribution in [0.1, 0.15) is 30.0 Å². The van der Waals surface area contributed by atoms with Crippen molar-refractivity contribution in [3.63, 3.8) is 0 Å². The number of rotatable bonds is 5. The minimum absolute atomic E-state index is 0.0483. The maximum Gasteiger partial charge on any atom is 0.231 e. The van der Waals surface area contributed by atoms with Gasteiger partial charge in [0.15, 0.2) is 11.5 Å². The third-order valence-electron chi connectivity index (χ3n) is 5.24. The van der Waals surface area contributed by atoms with Crippen LogP contribution in [0.4, 0.5) is 0 Å². The second-order valence-corrected chi connectivity index (χ2v) is 6.67. The molecule has 0 radical (unpaired) electrons. The molecule has 2 N–H and O–H groups in total. The molecule has 2 aliphatic heterocycles. The molecule has 6 heteroatoms. The monoisotopic (exact) mass is 358 g/mol. The molecule has 2 heterocycles. The van der Waals surface area contributed by atoms with Gasteiger partial charge in [0.25, 0.3) is 0 Å². The first-order chi connectivity index (χ1) is 12.7. The van der Waals surface area contributed by atoms with E-state index < -0.39 is 0 Å². The number of phenols is 1. The van der Waals surface area contributed by atoms with Crippen molar-refractivity contribution in [2.75, 3.05) is 34.1 Å². The molecule has 138 valence electrons.